The third kappa shape index (κ3) is 5.37. The third-order valence-corrected chi connectivity index (χ3v) is 4.94. The van der Waals surface area contributed by atoms with Crippen molar-refractivity contribution >= 4 is 11.1 Å². The molecule has 0 atom stereocenters. The lowest BCUT2D eigenvalue weighted by Gasteiger charge is -2.18. The van der Waals surface area contributed by atoms with E-state index in [1.165, 1.54) is 22.3 Å². The molecule has 0 radical (unpaired) electrons. The number of benzene rings is 2. The third-order valence-electron chi connectivity index (χ3n) is 4.94. The second-order valence-electron chi connectivity index (χ2n) is 6.38. The molecular weight excluding hydrogens is 322 g/mol. The largest absolute Gasteiger partial charge is 0.497 e. The van der Waals surface area contributed by atoms with Crippen LogP contribution < -0.4 is 9.47 Å². The molecular formula is C23H31NO2. The number of ether oxygens (including phenoxy) is 2. The number of likely N-dealkylation sites (N-methyl/N-ethyl adjacent to an activating group) is 1. The van der Waals surface area contributed by atoms with Gasteiger partial charge in [-0.2, -0.15) is 0 Å². The smallest absolute Gasteiger partial charge is 0.119 e. The monoisotopic (exact) mass is 353 g/mol. The average Bonchev–Trinajstić information content (AvgIpc) is 2.70. The number of nitrogens with zero attached hydrogens (tertiary/aromatic N) is 1. The Morgan fingerprint density at radius 2 is 1.23 bits per heavy atom. The van der Waals surface area contributed by atoms with Gasteiger partial charge in [-0.3, -0.25) is 0 Å². The van der Waals surface area contributed by atoms with Gasteiger partial charge in [-0.15, -0.1) is 0 Å². The van der Waals surface area contributed by atoms with E-state index in [1.54, 1.807) is 7.11 Å². The highest BCUT2D eigenvalue weighted by Gasteiger charge is 2.05. The molecule has 2 aromatic carbocycles. The summed E-state index contributed by atoms with van der Waals surface area (Å²) in [7, 11) is 1.69. The molecule has 0 unspecified atom stereocenters. The van der Waals surface area contributed by atoms with E-state index in [1.807, 2.05) is 12.1 Å². The van der Waals surface area contributed by atoms with E-state index >= 15 is 0 Å². The Hall–Kier alpha value is -2.26. The minimum absolute atomic E-state index is 0.723. The van der Waals surface area contributed by atoms with Crippen LogP contribution in [0.5, 0.6) is 11.5 Å². The highest BCUT2D eigenvalue weighted by atomic mass is 16.5. The van der Waals surface area contributed by atoms with Gasteiger partial charge in [-0.05, 0) is 73.5 Å². The van der Waals surface area contributed by atoms with E-state index in [4.69, 9.17) is 9.47 Å². The topological polar surface area (TPSA) is 21.7 Å². The molecule has 0 saturated carbocycles. The lowest BCUT2D eigenvalue weighted by molar-refractivity contribution is 0.223. The van der Waals surface area contributed by atoms with Crippen molar-refractivity contribution in [2.24, 2.45) is 0 Å². The summed E-state index contributed by atoms with van der Waals surface area (Å²) in [6.07, 6.45) is 0. The maximum absolute atomic E-state index is 5.87. The molecule has 0 aliphatic rings. The minimum Gasteiger partial charge on any atom is -0.497 e. The van der Waals surface area contributed by atoms with Crippen molar-refractivity contribution in [2.75, 3.05) is 33.4 Å². The Kier molecular flexibility index (Phi) is 7.73. The summed E-state index contributed by atoms with van der Waals surface area (Å²) < 4.78 is 11.1. The molecule has 0 aliphatic carbocycles. The van der Waals surface area contributed by atoms with Gasteiger partial charge in [0.2, 0.25) is 0 Å². The van der Waals surface area contributed by atoms with Crippen molar-refractivity contribution in [3.05, 3.63) is 59.7 Å². The molecule has 140 valence electrons. The maximum Gasteiger partial charge on any atom is 0.119 e. The number of allylic oxidation sites excluding steroid dienone is 2. The SMILES string of the molecule is CCN(CC)CCOc1ccc(/C(C)=C(\C)c2ccc(OC)cc2)cc1. The van der Waals surface area contributed by atoms with Gasteiger partial charge < -0.3 is 14.4 Å². The summed E-state index contributed by atoms with van der Waals surface area (Å²) in [5.41, 5.74) is 4.96. The van der Waals surface area contributed by atoms with Gasteiger partial charge in [0.15, 0.2) is 0 Å². The summed E-state index contributed by atoms with van der Waals surface area (Å²) in [5.74, 6) is 1.81. The van der Waals surface area contributed by atoms with Crippen LogP contribution in [0.4, 0.5) is 0 Å². The van der Waals surface area contributed by atoms with Gasteiger partial charge in [0.1, 0.15) is 18.1 Å². The predicted molar refractivity (Wildman–Crippen MR) is 111 cm³/mol. The molecule has 0 bridgehead atoms. The van der Waals surface area contributed by atoms with Gasteiger partial charge in [0.05, 0.1) is 7.11 Å². The molecule has 3 heteroatoms. The molecule has 0 N–H and O–H groups in total. The second-order valence-corrected chi connectivity index (χ2v) is 6.38. The molecule has 2 aromatic rings. The van der Waals surface area contributed by atoms with Gasteiger partial charge >= 0.3 is 0 Å². The van der Waals surface area contributed by atoms with E-state index in [-0.39, 0.29) is 0 Å². The van der Waals surface area contributed by atoms with Crippen molar-refractivity contribution in [1.82, 2.24) is 4.90 Å². The van der Waals surface area contributed by atoms with Crippen molar-refractivity contribution in [1.29, 1.82) is 0 Å². The van der Waals surface area contributed by atoms with Crippen LogP contribution in [0.15, 0.2) is 48.5 Å². The summed E-state index contributed by atoms with van der Waals surface area (Å²) >= 11 is 0. The van der Waals surface area contributed by atoms with Crippen LogP contribution in [0.3, 0.4) is 0 Å². The molecule has 0 saturated heterocycles. The van der Waals surface area contributed by atoms with Crippen molar-refractivity contribution < 1.29 is 9.47 Å². The highest BCUT2D eigenvalue weighted by Crippen LogP contribution is 2.28. The number of hydrogen-bond donors (Lipinski definition) is 0. The summed E-state index contributed by atoms with van der Waals surface area (Å²) in [5, 5.41) is 0. The van der Waals surface area contributed by atoms with Crippen molar-refractivity contribution in [3.63, 3.8) is 0 Å². The molecule has 0 amide bonds. The quantitative estimate of drug-likeness (QED) is 0.566. The van der Waals surface area contributed by atoms with Gasteiger partial charge in [-0.25, -0.2) is 0 Å². The molecule has 0 heterocycles. The number of hydrogen-bond acceptors (Lipinski definition) is 3. The summed E-state index contributed by atoms with van der Waals surface area (Å²) in [6, 6.07) is 16.6. The van der Waals surface area contributed by atoms with E-state index in [0.717, 1.165) is 37.7 Å². The first-order valence-electron chi connectivity index (χ1n) is 9.36. The first-order valence-corrected chi connectivity index (χ1v) is 9.36. The molecule has 0 fully saturated rings. The fourth-order valence-corrected chi connectivity index (χ4v) is 2.91. The number of rotatable bonds is 9. The Labute approximate surface area is 158 Å². The van der Waals surface area contributed by atoms with Gasteiger partial charge in [-0.1, -0.05) is 38.1 Å². The van der Waals surface area contributed by atoms with Crippen LogP contribution in [-0.4, -0.2) is 38.3 Å². The normalized spacial score (nSPS) is 12.1. The summed E-state index contributed by atoms with van der Waals surface area (Å²) in [4.78, 5) is 2.36. The van der Waals surface area contributed by atoms with E-state index in [9.17, 15) is 0 Å². The average molecular weight is 354 g/mol. The fourth-order valence-electron chi connectivity index (χ4n) is 2.91. The summed E-state index contributed by atoms with van der Waals surface area (Å²) in [6.45, 7) is 12.5. The molecule has 2 rings (SSSR count). The zero-order valence-electron chi connectivity index (χ0n) is 16.7. The standard InChI is InChI=1S/C23H31NO2/c1-6-24(7-2)16-17-26-23-14-10-21(11-15-23)19(4)18(3)20-8-12-22(25-5)13-9-20/h8-15H,6-7,16-17H2,1-5H3/b19-18+. The fraction of sp³-hybridized carbons (Fsp3) is 0.391. The van der Waals surface area contributed by atoms with E-state index < -0.39 is 0 Å². The first kappa shape index (κ1) is 20.1. The van der Waals surface area contributed by atoms with Crippen LogP contribution in [-0.2, 0) is 0 Å². The van der Waals surface area contributed by atoms with Crippen LogP contribution in [0, 0.1) is 0 Å². The molecule has 0 aromatic heterocycles. The Morgan fingerprint density at radius 1 is 0.769 bits per heavy atom. The Bertz CT molecular complexity index is 698. The van der Waals surface area contributed by atoms with Crippen LogP contribution >= 0.6 is 0 Å². The first-order chi connectivity index (χ1) is 12.6. The molecule has 0 aliphatic heterocycles. The minimum atomic E-state index is 0.723. The zero-order valence-corrected chi connectivity index (χ0v) is 16.7. The predicted octanol–water partition coefficient (Wildman–Crippen LogP) is 5.37. The van der Waals surface area contributed by atoms with Gasteiger partial charge in [0, 0.05) is 6.54 Å². The van der Waals surface area contributed by atoms with E-state index in [0.29, 0.717) is 0 Å². The van der Waals surface area contributed by atoms with Crippen molar-refractivity contribution in [3.8, 4) is 11.5 Å². The Balaban J connectivity index is 2.03. The molecule has 0 spiro atoms. The van der Waals surface area contributed by atoms with Gasteiger partial charge in [0.25, 0.3) is 0 Å². The lowest BCUT2D eigenvalue weighted by Crippen LogP contribution is -2.27. The molecule has 26 heavy (non-hydrogen) atoms. The lowest BCUT2D eigenvalue weighted by atomic mass is 9.97. The zero-order chi connectivity index (χ0) is 18.9. The molecule has 3 nitrogen and oxygen atoms in total. The van der Waals surface area contributed by atoms with Crippen molar-refractivity contribution in [2.45, 2.75) is 27.7 Å². The van der Waals surface area contributed by atoms with Crippen LogP contribution in [0.25, 0.3) is 11.1 Å². The van der Waals surface area contributed by atoms with E-state index in [2.05, 4.69) is 69.0 Å². The Morgan fingerprint density at radius 3 is 1.65 bits per heavy atom. The second kappa shape index (κ2) is 10.0. The van der Waals surface area contributed by atoms with Crippen LogP contribution in [0.2, 0.25) is 0 Å². The maximum atomic E-state index is 5.87. The highest BCUT2D eigenvalue weighted by molar-refractivity contribution is 5.89. The number of methoxy groups -OCH3 is 1. The van der Waals surface area contributed by atoms with Crippen LogP contribution in [0.1, 0.15) is 38.8 Å².